The predicted molar refractivity (Wildman–Crippen MR) is 110 cm³/mol. The molecule has 0 aromatic carbocycles. The Balaban J connectivity index is 1.64. The fraction of sp³-hybridized carbons (Fsp3) is 0.200. The number of pyridine rings is 1. The van der Waals surface area contributed by atoms with Gasteiger partial charge in [0.25, 0.3) is 5.91 Å². The summed E-state index contributed by atoms with van der Waals surface area (Å²) < 4.78 is 5.32. The lowest BCUT2D eigenvalue weighted by Crippen LogP contribution is -2.30. The Morgan fingerprint density at radius 3 is 2.86 bits per heavy atom. The zero-order valence-corrected chi connectivity index (χ0v) is 17.0. The lowest BCUT2D eigenvalue weighted by molar-refractivity contribution is 0.0935. The molecule has 28 heavy (non-hydrogen) atoms. The van der Waals surface area contributed by atoms with Gasteiger partial charge in [-0.05, 0) is 48.4 Å². The van der Waals surface area contributed by atoms with Crippen molar-refractivity contribution in [1.82, 2.24) is 20.4 Å². The number of rotatable bonds is 6. The molecule has 0 aliphatic rings. The van der Waals surface area contributed by atoms with Crippen molar-refractivity contribution in [2.45, 2.75) is 26.3 Å². The number of hydrogen-bond acceptors (Lipinski definition) is 7. The van der Waals surface area contributed by atoms with E-state index in [0.29, 0.717) is 23.4 Å². The summed E-state index contributed by atoms with van der Waals surface area (Å²) in [5.41, 5.74) is 3.77. The molecule has 0 bridgehead atoms. The third-order valence-electron chi connectivity index (χ3n) is 4.28. The van der Waals surface area contributed by atoms with Crippen LogP contribution in [0.2, 0.25) is 0 Å². The third-order valence-corrected chi connectivity index (χ3v) is 6.09. The van der Waals surface area contributed by atoms with Crippen molar-refractivity contribution < 1.29 is 9.32 Å². The van der Waals surface area contributed by atoms with Gasteiger partial charge in [-0.3, -0.25) is 9.78 Å². The highest BCUT2D eigenvalue weighted by Gasteiger charge is 2.26. The highest BCUT2D eigenvalue weighted by molar-refractivity contribution is 7.09. The van der Waals surface area contributed by atoms with Crippen LogP contribution in [-0.2, 0) is 6.42 Å². The van der Waals surface area contributed by atoms with E-state index in [1.165, 1.54) is 0 Å². The molecular formula is C20H18N4O2S2. The number of carbonyl (C=O) groups excluding carboxylic acids is 1. The van der Waals surface area contributed by atoms with Gasteiger partial charge in [0, 0.05) is 35.5 Å². The van der Waals surface area contributed by atoms with Gasteiger partial charge >= 0.3 is 0 Å². The SMILES string of the molecule is Cc1csc(C(Cc2ccsc2)NC(=O)c2c(-c3cccnc3)noc2C)n1. The molecule has 0 aliphatic heterocycles. The summed E-state index contributed by atoms with van der Waals surface area (Å²) in [4.78, 5) is 21.9. The molecule has 0 saturated carbocycles. The van der Waals surface area contributed by atoms with E-state index in [0.717, 1.165) is 21.8 Å². The van der Waals surface area contributed by atoms with Crippen molar-refractivity contribution in [3.63, 3.8) is 0 Å². The first-order valence-corrected chi connectivity index (χ1v) is 10.5. The number of thiazole rings is 1. The molecule has 4 heterocycles. The largest absolute Gasteiger partial charge is 0.360 e. The van der Waals surface area contributed by atoms with E-state index in [2.05, 4.69) is 31.9 Å². The molecule has 6 nitrogen and oxygen atoms in total. The van der Waals surface area contributed by atoms with E-state index in [1.54, 1.807) is 48.1 Å². The van der Waals surface area contributed by atoms with Gasteiger partial charge in [0.1, 0.15) is 22.0 Å². The Labute approximate surface area is 170 Å². The van der Waals surface area contributed by atoms with Crippen LogP contribution >= 0.6 is 22.7 Å². The maximum Gasteiger partial charge on any atom is 0.257 e. The second-order valence-corrected chi connectivity index (χ2v) is 8.06. The third kappa shape index (κ3) is 3.88. The molecule has 0 fully saturated rings. The molecule has 4 aromatic rings. The minimum Gasteiger partial charge on any atom is -0.360 e. The molecule has 4 aromatic heterocycles. The molecule has 1 unspecified atom stereocenters. The fourth-order valence-electron chi connectivity index (χ4n) is 2.95. The Hall–Kier alpha value is -2.84. The Bertz CT molecular complexity index is 1070. The highest BCUT2D eigenvalue weighted by Crippen LogP contribution is 2.27. The number of aromatic nitrogens is 3. The summed E-state index contributed by atoms with van der Waals surface area (Å²) in [6, 6.07) is 5.50. The topological polar surface area (TPSA) is 80.9 Å². The summed E-state index contributed by atoms with van der Waals surface area (Å²) in [6.07, 6.45) is 4.02. The monoisotopic (exact) mass is 410 g/mol. The molecule has 0 spiro atoms. The summed E-state index contributed by atoms with van der Waals surface area (Å²) >= 11 is 3.19. The quantitative estimate of drug-likeness (QED) is 0.503. The number of amides is 1. The Morgan fingerprint density at radius 2 is 2.18 bits per heavy atom. The smallest absolute Gasteiger partial charge is 0.257 e. The average molecular weight is 411 g/mol. The number of hydrogen-bond donors (Lipinski definition) is 1. The van der Waals surface area contributed by atoms with E-state index >= 15 is 0 Å². The summed E-state index contributed by atoms with van der Waals surface area (Å²) in [5.74, 6) is 0.242. The van der Waals surface area contributed by atoms with Crippen molar-refractivity contribution in [3.05, 3.63) is 74.3 Å². The van der Waals surface area contributed by atoms with Gasteiger partial charge in [-0.2, -0.15) is 11.3 Å². The standard InChI is InChI=1S/C20H18N4O2S2/c1-12-10-28-20(22-12)16(8-14-5-7-27-11-14)23-19(25)17-13(2)26-24-18(17)15-4-3-6-21-9-15/h3-7,9-11,16H,8H2,1-2H3,(H,23,25). The molecule has 0 radical (unpaired) electrons. The molecule has 1 N–H and O–H groups in total. The second-order valence-electron chi connectivity index (χ2n) is 6.39. The molecule has 4 rings (SSSR count). The lowest BCUT2D eigenvalue weighted by atomic mass is 10.1. The van der Waals surface area contributed by atoms with Gasteiger partial charge in [0.2, 0.25) is 0 Å². The molecule has 1 atom stereocenters. The number of nitrogens with zero attached hydrogens (tertiary/aromatic N) is 3. The van der Waals surface area contributed by atoms with E-state index in [1.807, 2.05) is 23.8 Å². The van der Waals surface area contributed by atoms with Crippen LogP contribution in [0, 0.1) is 13.8 Å². The zero-order valence-electron chi connectivity index (χ0n) is 15.4. The van der Waals surface area contributed by atoms with Gasteiger partial charge in [0.05, 0.1) is 6.04 Å². The van der Waals surface area contributed by atoms with Gasteiger partial charge < -0.3 is 9.84 Å². The van der Waals surface area contributed by atoms with Crippen molar-refractivity contribution in [2.75, 3.05) is 0 Å². The molecule has 1 amide bonds. The van der Waals surface area contributed by atoms with Crippen LogP contribution in [-0.4, -0.2) is 21.0 Å². The first-order chi connectivity index (χ1) is 13.6. The molecule has 0 saturated heterocycles. The van der Waals surface area contributed by atoms with Crippen molar-refractivity contribution in [1.29, 1.82) is 0 Å². The van der Waals surface area contributed by atoms with Crippen LogP contribution in [0.5, 0.6) is 0 Å². The molecular weight excluding hydrogens is 392 g/mol. The van der Waals surface area contributed by atoms with Gasteiger partial charge in [0.15, 0.2) is 0 Å². The van der Waals surface area contributed by atoms with Crippen LogP contribution in [0.1, 0.15) is 38.4 Å². The van der Waals surface area contributed by atoms with Crippen molar-refractivity contribution in [2.24, 2.45) is 0 Å². The normalized spacial score (nSPS) is 12.1. The van der Waals surface area contributed by atoms with Crippen molar-refractivity contribution in [3.8, 4) is 11.3 Å². The number of nitrogens with one attached hydrogen (secondary N) is 1. The lowest BCUT2D eigenvalue weighted by Gasteiger charge is -2.16. The Morgan fingerprint density at radius 1 is 1.29 bits per heavy atom. The molecule has 8 heteroatoms. The minimum absolute atomic E-state index is 0.225. The highest BCUT2D eigenvalue weighted by atomic mass is 32.1. The summed E-state index contributed by atoms with van der Waals surface area (Å²) in [5, 5.41) is 14.2. The summed E-state index contributed by atoms with van der Waals surface area (Å²) in [7, 11) is 0. The van der Waals surface area contributed by atoms with E-state index in [4.69, 9.17) is 4.52 Å². The van der Waals surface area contributed by atoms with Gasteiger partial charge in [-0.1, -0.05) is 5.16 Å². The Kier molecular flexibility index (Phi) is 5.31. The number of aryl methyl sites for hydroxylation is 2. The first-order valence-electron chi connectivity index (χ1n) is 8.72. The van der Waals surface area contributed by atoms with Gasteiger partial charge in [-0.25, -0.2) is 4.98 Å². The summed E-state index contributed by atoms with van der Waals surface area (Å²) in [6.45, 7) is 3.69. The fourth-order valence-corrected chi connectivity index (χ4v) is 4.48. The molecule has 0 aliphatic carbocycles. The molecule has 142 valence electrons. The zero-order chi connectivity index (χ0) is 19.5. The van der Waals surface area contributed by atoms with E-state index in [-0.39, 0.29) is 11.9 Å². The van der Waals surface area contributed by atoms with Crippen LogP contribution in [0.25, 0.3) is 11.3 Å². The van der Waals surface area contributed by atoms with Crippen LogP contribution in [0.4, 0.5) is 0 Å². The predicted octanol–water partition coefficient (Wildman–Crippen LogP) is 4.59. The first kappa shape index (κ1) is 18.5. The second kappa shape index (κ2) is 8.04. The number of carbonyl (C=O) groups is 1. The van der Waals surface area contributed by atoms with Crippen LogP contribution in [0.3, 0.4) is 0 Å². The average Bonchev–Trinajstić information content (AvgIpc) is 3.43. The van der Waals surface area contributed by atoms with E-state index in [9.17, 15) is 4.79 Å². The maximum atomic E-state index is 13.2. The maximum absolute atomic E-state index is 13.2. The van der Waals surface area contributed by atoms with Crippen LogP contribution < -0.4 is 5.32 Å². The van der Waals surface area contributed by atoms with Crippen molar-refractivity contribution >= 4 is 28.6 Å². The number of thiophene rings is 1. The minimum atomic E-state index is -0.231. The van der Waals surface area contributed by atoms with Crippen LogP contribution in [0.15, 0.2) is 51.3 Å². The van der Waals surface area contributed by atoms with E-state index < -0.39 is 0 Å². The van der Waals surface area contributed by atoms with Gasteiger partial charge in [-0.15, -0.1) is 11.3 Å².